The molecule has 0 saturated carbocycles. The van der Waals surface area contributed by atoms with Gasteiger partial charge in [0.2, 0.25) is 0 Å². The molecule has 1 aromatic rings. The minimum atomic E-state index is -0.0692. The molecule has 0 aliphatic rings. The van der Waals surface area contributed by atoms with Crippen molar-refractivity contribution in [2.45, 2.75) is 38.8 Å². The Morgan fingerprint density at radius 3 is 2.41 bits per heavy atom. The molecule has 0 aliphatic heterocycles. The molecule has 2 N–H and O–H groups in total. The number of hydrogen-bond donors (Lipinski definition) is 1. The van der Waals surface area contributed by atoms with E-state index in [0.29, 0.717) is 6.61 Å². The van der Waals surface area contributed by atoms with Gasteiger partial charge in [-0.2, -0.15) is 0 Å². The summed E-state index contributed by atoms with van der Waals surface area (Å²) in [7, 11) is 1.66. The molecule has 3 heteroatoms. The van der Waals surface area contributed by atoms with Crippen LogP contribution in [0.2, 0.25) is 0 Å². The molecule has 0 heterocycles. The standard InChI is InChI=1S/C14H23NO2/c1-4-5-11(2)17-10-14(15)12-6-8-13(16-3)9-7-12/h6-9,11,14H,4-5,10,15H2,1-3H3. The monoisotopic (exact) mass is 237 g/mol. The van der Waals surface area contributed by atoms with Crippen LogP contribution >= 0.6 is 0 Å². The van der Waals surface area contributed by atoms with E-state index in [1.165, 1.54) is 0 Å². The molecule has 0 radical (unpaired) electrons. The number of methoxy groups -OCH3 is 1. The molecule has 0 saturated heterocycles. The van der Waals surface area contributed by atoms with Crippen molar-refractivity contribution < 1.29 is 9.47 Å². The maximum atomic E-state index is 6.07. The van der Waals surface area contributed by atoms with Crippen LogP contribution in [0.3, 0.4) is 0 Å². The van der Waals surface area contributed by atoms with E-state index in [1.807, 2.05) is 24.3 Å². The third kappa shape index (κ3) is 4.75. The molecule has 0 amide bonds. The quantitative estimate of drug-likeness (QED) is 0.793. The van der Waals surface area contributed by atoms with Gasteiger partial charge in [-0.05, 0) is 31.0 Å². The Morgan fingerprint density at radius 1 is 1.24 bits per heavy atom. The zero-order valence-corrected chi connectivity index (χ0v) is 11.0. The molecule has 0 spiro atoms. The zero-order valence-electron chi connectivity index (χ0n) is 11.0. The Labute approximate surface area is 104 Å². The Kier molecular flexibility index (Phi) is 6.01. The number of benzene rings is 1. The van der Waals surface area contributed by atoms with Crippen LogP contribution in [0, 0.1) is 0 Å². The van der Waals surface area contributed by atoms with Gasteiger partial charge >= 0.3 is 0 Å². The highest BCUT2D eigenvalue weighted by molar-refractivity contribution is 5.28. The van der Waals surface area contributed by atoms with E-state index in [-0.39, 0.29) is 12.1 Å². The van der Waals surface area contributed by atoms with Crippen molar-refractivity contribution in [2.75, 3.05) is 13.7 Å². The van der Waals surface area contributed by atoms with Crippen molar-refractivity contribution >= 4 is 0 Å². The van der Waals surface area contributed by atoms with Crippen LogP contribution < -0.4 is 10.5 Å². The van der Waals surface area contributed by atoms with E-state index in [0.717, 1.165) is 24.2 Å². The number of hydrogen-bond acceptors (Lipinski definition) is 3. The Bertz CT molecular complexity index is 311. The van der Waals surface area contributed by atoms with E-state index in [4.69, 9.17) is 15.2 Å². The molecule has 1 rings (SSSR count). The van der Waals surface area contributed by atoms with Gasteiger partial charge in [-0.15, -0.1) is 0 Å². The van der Waals surface area contributed by atoms with E-state index in [1.54, 1.807) is 7.11 Å². The van der Waals surface area contributed by atoms with Gasteiger partial charge < -0.3 is 15.2 Å². The van der Waals surface area contributed by atoms with Crippen molar-refractivity contribution in [1.29, 1.82) is 0 Å². The van der Waals surface area contributed by atoms with Crippen LogP contribution in [0.4, 0.5) is 0 Å². The van der Waals surface area contributed by atoms with Gasteiger partial charge in [0.1, 0.15) is 5.75 Å². The summed E-state index contributed by atoms with van der Waals surface area (Å²) in [5.74, 6) is 0.848. The number of ether oxygens (including phenoxy) is 2. The summed E-state index contributed by atoms with van der Waals surface area (Å²) in [4.78, 5) is 0. The molecule has 96 valence electrons. The Morgan fingerprint density at radius 2 is 1.88 bits per heavy atom. The van der Waals surface area contributed by atoms with E-state index in [9.17, 15) is 0 Å². The van der Waals surface area contributed by atoms with Gasteiger partial charge in [-0.3, -0.25) is 0 Å². The average molecular weight is 237 g/mol. The van der Waals surface area contributed by atoms with Crippen LogP contribution in [0.5, 0.6) is 5.75 Å². The SMILES string of the molecule is CCCC(C)OCC(N)c1ccc(OC)cc1. The molecule has 3 nitrogen and oxygen atoms in total. The normalized spacial score (nSPS) is 14.4. The Balaban J connectivity index is 2.43. The van der Waals surface area contributed by atoms with Gasteiger partial charge in [0.05, 0.1) is 25.9 Å². The maximum Gasteiger partial charge on any atom is 0.118 e. The lowest BCUT2D eigenvalue weighted by atomic mass is 10.1. The second kappa shape index (κ2) is 7.30. The molecule has 17 heavy (non-hydrogen) atoms. The summed E-state index contributed by atoms with van der Waals surface area (Å²) in [5.41, 5.74) is 7.14. The lowest BCUT2D eigenvalue weighted by Gasteiger charge is -2.17. The van der Waals surface area contributed by atoms with E-state index in [2.05, 4.69) is 13.8 Å². The zero-order chi connectivity index (χ0) is 12.7. The predicted octanol–water partition coefficient (Wildman–Crippen LogP) is 2.90. The molecular formula is C14H23NO2. The third-order valence-electron chi connectivity index (χ3n) is 2.80. The van der Waals surface area contributed by atoms with Crippen LogP contribution in [0.1, 0.15) is 38.3 Å². The maximum absolute atomic E-state index is 6.07. The summed E-state index contributed by atoms with van der Waals surface area (Å²) in [6, 6.07) is 7.74. The highest BCUT2D eigenvalue weighted by Gasteiger charge is 2.08. The third-order valence-corrected chi connectivity index (χ3v) is 2.80. The van der Waals surface area contributed by atoms with Crippen molar-refractivity contribution in [3.8, 4) is 5.75 Å². The van der Waals surface area contributed by atoms with Crippen LogP contribution in [0.15, 0.2) is 24.3 Å². The summed E-state index contributed by atoms with van der Waals surface area (Å²) in [6.45, 7) is 4.81. The summed E-state index contributed by atoms with van der Waals surface area (Å²) < 4.78 is 10.8. The average Bonchev–Trinajstić information content (AvgIpc) is 2.36. The number of nitrogens with two attached hydrogens (primary N) is 1. The van der Waals surface area contributed by atoms with Gasteiger partial charge in [0.25, 0.3) is 0 Å². The van der Waals surface area contributed by atoms with Gasteiger partial charge in [0, 0.05) is 0 Å². The molecule has 2 atom stereocenters. The van der Waals surface area contributed by atoms with Gasteiger partial charge in [-0.1, -0.05) is 25.5 Å². The van der Waals surface area contributed by atoms with Crippen LogP contribution in [0.25, 0.3) is 0 Å². The van der Waals surface area contributed by atoms with Crippen molar-refractivity contribution in [1.82, 2.24) is 0 Å². The molecule has 0 fully saturated rings. The van der Waals surface area contributed by atoms with Crippen molar-refractivity contribution in [3.63, 3.8) is 0 Å². The minimum absolute atomic E-state index is 0.0692. The van der Waals surface area contributed by atoms with Gasteiger partial charge in [-0.25, -0.2) is 0 Å². The van der Waals surface area contributed by atoms with Crippen LogP contribution in [-0.2, 0) is 4.74 Å². The molecular weight excluding hydrogens is 214 g/mol. The van der Waals surface area contributed by atoms with E-state index >= 15 is 0 Å². The fourth-order valence-electron chi connectivity index (χ4n) is 1.71. The van der Waals surface area contributed by atoms with Gasteiger partial charge in [0.15, 0.2) is 0 Å². The fraction of sp³-hybridized carbons (Fsp3) is 0.571. The first-order valence-corrected chi connectivity index (χ1v) is 6.18. The van der Waals surface area contributed by atoms with Crippen molar-refractivity contribution in [2.24, 2.45) is 5.73 Å². The highest BCUT2D eigenvalue weighted by atomic mass is 16.5. The molecule has 0 aromatic heterocycles. The minimum Gasteiger partial charge on any atom is -0.497 e. The summed E-state index contributed by atoms with van der Waals surface area (Å²) in [6.07, 6.45) is 2.50. The van der Waals surface area contributed by atoms with Crippen molar-refractivity contribution in [3.05, 3.63) is 29.8 Å². The first kappa shape index (κ1) is 14.0. The highest BCUT2D eigenvalue weighted by Crippen LogP contribution is 2.17. The Hall–Kier alpha value is -1.06. The first-order chi connectivity index (χ1) is 8.17. The second-order valence-corrected chi connectivity index (χ2v) is 4.31. The van der Waals surface area contributed by atoms with Crippen LogP contribution in [-0.4, -0.2) is 19.8 Å². The fourth-order valence-corrected chi connectivity index (χ4v) is 1.71. The molecule has 1 aromatic carbocycles. The lowest BCUT2D eigenvalue weighted by Crippen LogP contribution is -2.20. The summed E-state index contributed by atoms with van der Waals surface area (Å²) in [5, 5.41) is 0. The largest absolute Gasteiger partial charge is 0.497 e. The molecule has 0 aliphatic carbocycles. The van der Waals surface area contributed by atoms with E-state index < -0.39 is 0 Å². The first-order valence-electron chi connectivity index (χ1n) is 6.18. The number of rotatable bonds is 7. The summed E-state index contributed by atoms with van der Waals surface area (Å²) >= 11 is 0. The smallest absolute Gasteiger partial charge is 0.118 e. The second-order valence-electron chi connectivity index (χ2n) is 4.31. The molecule has 2 unspecified atom stereocenters. The predicted molar refractivity (Wildman–Crippen MR) is 70.2 cm³/mol. The topological polar surface area (TPSA) is 44.5 Å². The lowest BCUT2D eigenvalue weighted by molar-refractivity contribution is 0.0503. The molecule has 0 bridgehead atoms.